The zero-order valence-electron chi connectivity index (χ0n) is 15.9. The minimum Gasteiger partial charge on any atom is -0.376 e. The van der Waals surface area contributed by atoms with E-state index in [0.717, 1.165) is 45.4 Å². The Morgan fingerprint density at radius 3 is 2.69 bits per heavy atom. The summed E-state index contributed by atoms with van der Waals surface area (Å²) in [6.45, 7) is 3.34. The fourth-order valence-electron chi connectivity index (χ4n) is 3.36. The third-order valence-corrected chi connectivity index (χ3v) is 5.17. The van der Waals surface area contributed by atoms with Gasteiger partial charge in [0.1, 0.15) is 6.54 Å². The summed E-state index contributed by atoms with van der Waals surface area (Å²) in [5.41, 5.74) is 0. The molecule has 1 atom stereocenters. The smallest absolute Gasteiger partial charge is 0.243 e. The number of aliphatic imine (C=N–C) groups is 1. The third kappa shape index (κ3) is 5.09. The van der Waals surface area contributed by atoms with Crippen LogP contribution in [0.4, 0.5) is 0 Å². The Morgan fingerprint density at radius 2 is 2.08 bits per heavy atom. The molecule has 1 aliphatic carbocycles. The van der Waals surface area contributed by atoms with Gasteiger partial charge in [0.25, 0.3) is 0 Å². The van der Waals surface area contributed by atoms with Gasteiger partial charge < -0.3 is 24.8 Å². The molecule has 2 amide bonds. The number of hydrogen-bond donors (Lipinski definition) is 1. The van der Waals surface area contributed by atoms with Crippen LogP contribution in [0.25, 0.3) is 0 Å². The summed E-state index contributed by atoms with van der Waals surface area (Å²) in [5, 5.41) is 3.34. The molecule has 0 aromatic rings. The highest BCUT2D eigenvalue weighted by atomic mass is 16.5. The van der Waals surface area contributed by atoms with Gasteiger partial charge in [-0.25, -0.2) is 4.99 Å². The van der Waals surface area contributed by atoms with Crippen LogP contribution in [-0.2, 0) is 14.3 Å². The highest BCUT2D eigenvalue weighted by molar-refractivity contribution is 5.89. The van der Waals surface area contributed by atoms with E-state index in [2.05, 4.69) is 10.3 Å². The zero-order chi connectivity index (χ0) is 18.5. The fraction of sp³-hybridized carbons (Fsp3) is 0.833. The molecule has 0 aromatic carbocycles. The molecule has 146 valence electrons. The molecule has 3 aliphatic rings. The normalized spacial score (nSPS) is 24.6. The van der Waals surface area contributed by atoms with Gasteiger partial charge in [0.05, 0.1) is 12.6 Å². The lowest BCUT2D eigenvalue weighted by atomic mass is 10.1. The Morgan fingerprint density at radius 1 is 1.27 bits per heavy atom. The van der Waals surface area contributed by atoms with E-state index in [1.165, 1.54) is 11.3 Å². The van der Waals surface area contributed by atoms with Crippen LogP contribution in [0.5, 0.6) is 0 Å². The monoisotopic (exact) mass is 365 g/mol. The van der Waals surface area contributed by atoms with E-state index in [1.54, 1.807) is 14.1 Å². The summed E-state index contributed by atoms with van der Waals surface area (Å²) in [7, 11) is 3.44. The quantitative estimate of drug-likeness (QED) is 0.544. The van der Waals surface area contributed by atoms with E-state index in [0.29, 0.717) is 25.1 Å². The van der Waals surface area contributed by atoms with E-state index in [9.17, 15) is 9.59 Å². The second-order valence-corrected chi connectivity index (χ2v) is 7.54. The number of nitrogens with one attached hydrogen (secondary N) is 1. The topological polar surface area (TPSA) is 77.5 Å². The number of piperazine rings is 1. The molecule has 26 heavy (non-hydrogen) atoms. The van der Waals surface area contributed by atoms with Crippen LogP contribution in [-0.4, -0.2) is 98.0 Å². The maximum atomic E-state index is 12.4. The van der Waals surface area contributed by atoms with Gasteiger partial charge in [-0.2, -0.15) is 0 Å². The van der Waals surface area contributed by atoms with Gasteiger partial charge in [0, 0.05) is 46.4 Å². The first kappa shape index (κ1) is 18.9. The molecule has 3 rings (SSSR count). The molecular weight excluding hydrogens is 334 g/mol. The summed E-state index contributed by atoms with van der Waals surface area (Å²) in [5.74, 6) is 0.737. The molecule has 0 spiro atoms. The number of carbonyl (C=O) groups is 2. The lowest BCUT2D eigenvalue weighted by Gasteiger charge is -2.36. The first-order chi connectivity index (χ1) is 12.5. The van der Waals surface area contributed by atoms with Gasteiger partial charge in [0.15, 0.2) is 5.96 Å². The first-order valence-corrected chi connectivity index (χ1v) is 9.69. The maximum Gasteiger partial charge on any atom is 0.243 e. The standard InChI is InChI=1S/C18H31N5O3/c1-21(2)16(24)12-20-18(19-11-15-5-3-4-10-26-15)22-8-9-23(14-6-7-14)17(25)13-22/h14-15H,3-13H2,1-2H3,(H,19,20). The summed E-state index contributed by atoms with van der Waals surface area (Å²) in [6, 6.07) is 0.448. The molecule has 8 nitrogen and oxygen atoms in total. The summed E-state index contributed by atoms with van der Waals surface area (Å²) >= 11 is 0. The van der Waals surface area contributed by atoms with Crippen LogP contribution in [0.1, 0.15) is 32.1 Å². The van der Waals surface area contributed by atoms with E-state index >= 15 is 0 Å². The molecule has 0 radical (unpaired) electrons. The number of likely N-dealkylation sites (N-methyl/N-ethyl adjacent to an activating group) is 1. The highest BCUT2D eigenvalue weighted by Gasteiger charge is 2.36. The first-order valence-electron chi connectivity index (χ1n) is 9.69. The Hall–Kier alpha value is -1.83. The summed E-state index contributed by atoms with van der Waals surface area (Å²) in [6.07, 6.45) is 5.75. The molecule has 0 aromatic heterocycles. The molecular formula is C18H31N5O3. The van der Waals surface area contributed by atoms with E-state index in [-0.39, 0.29) is 24.5 Å². The molecule has 1 unspecified atom stereocenters. The number of guanidine groups is 1. The van der Waals surface area contributed by atoms with Crippen molar-refractivity contribution in [1.82, 2.24) is 20.0 Å². The second kappa shape index (κ2) is 8.70. The van der Waals surface area contributed by atoms with Gasteiger partial charge in [-0.1, -0.05) is 0 Å². The van der Waals surface area contributed by atoms with Crippen molar-refractivity contribution >= 4 is 17.8 Å². The second-order valence-electron chi connectivity index (χ2n) is 7.54. The minimum absolute atomic E-state index is 0.0545. The van der Waals surface area contributed by atoms with Crippen molar-refractivity contribution in [2.24, 2.45) is 4.99 Å². The van der Waals surface area contributed by atoms with Crippen molar-refractivity contribution in [2.45, 2.75) is 44.2 Å². The van der Waals surface area contributed by atoms with Crippen molar-refractivity contribution in [3.05, 3.63) is 0 Å². The van der Waals surface area contributed by atoms with Gasteiger partial charge >= 0.3 is 0 Å². The minimum atomic E-state index is -0.0545. The molecule has 3 fully saturated rings. The van der Waals surface area contributed by atoms with Crippen molar-refractivity contribution in [3.8, 4) is 0 Å². The summed E-state index contributed by atoms with van der Waals surface area (Å²) < 4.78 is 5.77. The van der Waals surface area contributed by atoms with Crippen molar-refractivity contribution in [1.29, 1.82) is 0 Å². The maximum absolute atomic E-state index is 12.4. The van der Waals surface area contributed by atoms with Crippen molar-refractivity contribution in [2.75, 3.05) is 53.4 Å². The number of nitrogens with zero attached hydrogens (tertiary/aromatic N) is 4. The van der Waals surface area contributed by atoms with Crippen LogP contribution in [0.3, 0.4) is 0 Å². The largest absolute Gasteiger partial charge is 0.376 e. The molecule has 2 heterocycles. The Kier molecular flexibility index (Phi) is 6.34. The van der Waals surface area contributed by atoms with Crippen molar-refractivity contribution in [3.63, 3.8) is 0 Å². The Balaban J connectivity index is 1.60. The Bertz CT molecular complexity index is 541. The van der Waals surface area contributed by atoms with Crippen LogP contribution >= 0.6 is 0 Å². The number of carbonyl (C=O) groups excluding carboxylic acids is 2. The van der Waals surface area contributed by atoms with E-state index in [1.807, 2.05) is 9.80 Å². The highest BCUT2D eigenvalue weighted by Crippen LogP contribution is 2.28. The van der Waals surface area contributed by atoms with Crippen molar-refractivity contribution < 1.29 is 14.3 Å². The zero-order valence-corrected chi connectivity index (χ0v) is 15.9. The van der Waals surface area contributed by atoms with Gasteiger partial charge in [-0.3, -0.25) is 9.59 Å². The van der Waals surface area contributed by atoms with Crippen LogP contribution in [0, 0.1) is 0 Å². The van der Waals surface area contributed by atoms with Gasteiger partial charge in [-0.15, -0.1) is 0 Å². The van der Waals surface area contributed by atoms with E-state index < -0.39 is 0 Å². The number of amides is 2. The molecule has 1 N–H and O–H groups in total. The molecule has 2 saturated heterocycles. The SMILES string of the molecule is CN(C)C(=O)CN=C(NCC1CCCCO1)N1CCN(C2CC2)C(=O)C1. The Labute approximate surface area is 155 Å². The molecule has 0 bridgehead atoms. The van der Waals surface area contributed by atoms with Crippen LogP contribution in [0.2, 0.25) is 0 Å². The lowest BCUT2D eigenvalue weighted by Crippen LogP contribution is -2.56. The molecule has 1 saturated carbocycles. The van der Waals surface area contributed by atoms with Crippen LogP contribution in [0.15, 0.2) is 4.99 Å². The fourth-order valence-corrected chi connectivity index (χ4v) is 3.36. The number of ether oxygens (including phenoxy) is 1. The van der Waals surface area contributed by atoms with Gasteiger partial charge in [0.2, 0.25) is 11.8 Å². The third-order valence-electron chi connectivity index (χ3n) is 5.17. The van der Waals surface area contributed by atoms with E-state index in [4.69, 9.17) is 4.74 Å². The lowest BCUT2D eigenvalue weighted by molar-refractivity contribution is -0.135. The van der Waals surface area contributed by atoms with Gasteiger partial charge in [-0.05, 0) is 32.1 Å². The predicted octanol–water partition coefficient (Wildman–Crippen LogP) is -0.104. The average Bonchev–Trinajstić information content (AvgIpc) is 3.47. The predicted molar refractivity (Wildman–Crippen MR) is 98.9 cm³/mol. The van der Waals surface area contributed by atoms with Crippen LogP contribution < -0.4 is 5.32 Å². The molecule has 8 heteroatoms. The summed E-state index contributed by atoms with van der Waals surface area (Å²) in [4.78, 5) is 34.3. The molecule has 2 aliphatic heterocycles. The number of rotatable bonds is 5. The number of hydrogen-bond acceptors (Lipinski definition) is 4. The average molecular weight is 365 g/mol.